The summed E-state index contributed by atoms with van der Waals surface area (Å²) in [6, 6.07) is 4.56. The van der Waals surface area contributed by atoms with Crippen molar-refractivity contribution in [2.24, 2.45) is 5.92 Å². The van der Waals surface area contributed by atoms with Gasteiger partial charge in [-0.2, -0.15) is 13.2 Å². The van der Waals surface area contributed by atoms with Gasteiger partial charge >= 0.3 is 6.18 Å². The number of hydrogen-bond acceptors (Lipinski definition) is 3. The van der Waals surface area contributed by atoms with Gasteiger partial charge in [0, 0.05) is 44.3 Å². The molecule has 2 unspecified atom stereocenters. The van der Waals surface area contributed by atoms with E-state index < -0.39 is 11.7 Å². The van der Waals surface area contributed by atoms with E-state index in [9.17, 15) is 22.8 Å². The molecule has 182 valence electrons. The molecule has 4 rings (SSSR count). The van der Waals surface area contributed by atoms with Crippen molar-refractivity contribution in [1.82, 2.24) is 14.7 Å². The van der Waals surface area contributed by atoms with Gasteiger partial charge in [-0.15, -0.1) is 0 Å². The summed E-state index contributed by atoms with van der Waals surface area (Å²) in [6.07, 6.45) is 3.34. The number of halogens is 3. The highest BCUT2D eigenvalue weighted by Crippen LogP contribution is 2.33. The van der Waals surface area contributed by atoms with Crippen LogP contribution in [0.3, 0.4) is 0 Å². The summed E-state index contributed by atoms with van der Waals surface area (Å²) in [5, 5.41) is 0. The smallest absolute Gasteiger partial charge is 0.339 e. The molecule has 1 aliphatic carbocycles. The highest BCUT2D eigenvalue weighted by atomic mass is 19.4. The van der Waals surface area contributed by atoms with Crippen LogP contribution >= 0.6 is 0 Å². The highest BCUT2D eigenvalue weighted by Gasteiger charge is 2.40. The third-order valence-electron chi connectivity index (χ3n) is 7.64. The molecule has 5 nitrogen and oxygen atoms in total. The van der Waals surface area contributed by atoms with E-state index in [1.165, 1.54) is 18.6 Å². The minimum Gasteiger partial charge on any atom is -0.339 e. The standard InChI is InChI=1S/C25H34F3N3O2/c1-18-6-4-5-13-31(18)24(33)22(19-7-2-3-8-19)29-14-16-30(17-15-29)23(32)20-9-11-21(12-10-20)25(26,27)28/h9-12,18-19,22H,2-8,13-17H2,1H3. The molecule has 2 atom stereocenters. The predicted molar refractivity (Wildman–Crippen MR) is 120 cm³/mol. The fourth-order valence-corrected chi connectivity index (χ4v) is 5.71. The summed E-state index contributed by atoms with van der Waals surface area (Å²) < 4.78 is 38.4. The van der Waals surface area contributed by atoms with E-state index in [1.807, 2.05) is 0 Å². The Bertz CT molecular complexity index is 828. The summed E-state index contributed by atoms with van der Waals surface area (Å²) in [7, 11) is 0. The van der Waals surface area contributed by atoms with Crippen molar-refractivity contribution < 1.29 is 22.8 Å². The van der Waals surface area contributed by atoms with Crippen LogP contribution in [-0.4, -0.2) is 71.3 Å². The first-order valence-corrected chi connectivity index (χ1v) is 12.3. The first-order valence-electron chi connectivity index (χ1n) is 12.3. The third kappa shape index (κ3) is 5.36. The molecule has 2 saturated heterocycles. The number of piperazine rings is 1. The molecule has 2 aliphatic heterocycles. The lowest BCUT2D eigenvalue weighted by Gasteiger charge is -2.44. The maximum absolute atomic E-state index is 13.7. The van der Waals surface area contributed by atoms with Gasteiger partial charge in [0.1, 0.15) is 0 Å². The Hall–Kier alpha value is -2.09. The van der Waals surface area contributed by atoms with Crippen molar-refractivity contribution in [3.63, 3.8) is 0 Å². The summed E-state index contributed by atoms with van der Waals surface area (Å²) in [5.74, 6) is 0.358. The van der Waals surface area contributed by atoms with Gasteiger partial charge < -0.3 is 9.80 Å². The second-order valence-electron chi connectivity index (χ2n) is 9.77. The van der Waals surface area contributed by atoms with E-state index in [2.05, 4.69) is 16.7 Å². The van der Waals surface area contributed by atoms with E-state index >= 15 is 0 Å². The van der Waals surface area contributed by atoms with Crippen molar-refractivity contribution in [2.45, 2.75) is 70.1 Å². The lowest BCUT2D eigenvalue weighted by Crippen LogP contribution is -2.60. The molecule has 33 heavy (non-hydrogen) atoms. The van der Waals surface area contributed by atoms with Crippen LogP contribution in [0.5, 0.6) is 0 Å². The van der Waals surface area contributed by atoms with E-state index in [1.54, 1.807) is 4.90 Å². The third-order valence-corrected chi connectivity index (χ3v) is 7.64. The van der Waals surface area contributed by atoms with Crippen LogP contribution in [0.4, 0.5) is 13.2 Å². The molecule has 0 radical (unpaired) electrons. The largest absolute Gasteiger partial charge is 0.416 e. The number of hydrogen-bond donors (Lipinski definition) is 0. The second kappa shape index (κ2) is 10.0. The van der Waals surface area contributed by atoms with Crippen LogP contribution in [0.2, 0.25) is 0 Å². The zero-order chi connectivity index (χ0) is 23.6. The van der Waals surface area contributed by atoms with Gasteiger partial charge in [0.15, 0.2) is 0 Å². The Kier molecular flexibility index (Phi) is 7.31. The molecule has 8 heteroatoms. The molecule has 0 aromatic heterocycles. The Morgan fingerprint density at radius 2 is 1.48 bits per heavy atom. The SMILES string of the molecule is CC1CCCCN1C(=O)C(C1CCCC1)N1CCN(C(=O)c2ccc(C(F)(F)F)cc2)CC1. The molecule has 2 heterocycles. The maximum Gasteiger partial charge on any atom is 0.416 e. The van der Waals surface area contributed by atoms with Crippen molar-refractivity contribution in [1.29, 1.82) is 0 Å². The fraction of sp³-hybridized carbons (Fsp3) is 0.680. The molecule has 0 spiro atoms. The van der Waals surface area contributed by atoms with Crippen LogP contribution in [0, 0.1) is 5.92 Å². The fourth-order valence-electron chi connectivity index (χ4n) is 5.71. The number of piperidine rings is 1. The Morgan fingerprint density at radius 3 is 2.06 bits per heavy atom. The van der Waals surface area contributed by atoms with Crippen LogP contribution in [0.1, 0.15) is 67.8 Å². The predicted octanol–water partition coefficient (Wildman–Crippen LogP) is 4.42. The second-order valence-corrected chi connectivity index (χ2v) is 9.77. The monoisotopic (exact) mass is 465 g/mol. The minimum atomic E-state index is -4.42. The van der Waals surface area contributed by atoms with Gasteiger partial charge in [-0.3, -0.25) is 14.5 Å². The first-order chi connectivity index (χ1) is 15.8. The number of nitrogens with zero attached hydrogens (tertiary/aromatic N) is 3. The lowest BCUT2D eigenvalue weighted by molar-refractivity contribution is -0.143. The molecule has 2 amide bonds. The van der Waals surface area contributed by atoms with E-state index in [0.717, 1.165) is 57.2 Å². The Morgan fingerprint density at radius 1 is 0.879 bits per heavy atom. The minimum absolute atomic E-state index is 0.128. The first kappa shape index (κ1) is 24.0. The van der Waals surface area contributed by atoms with Crippen LogP contribution in [0.15, 0.2) is 24.3 Å². The molecule has 1 aromatic carbocycles. The average Bonchev–Trinajstić information content (AvgIpc) is 3.33. The van der Waals surface area contributed by atoms with E-state index in [0.29, 0.717) is 32.1 Å². The highest BCUT2D eigenvalue weighted by molar-refractivity contribution is 5.94. The quantitative estimate of drug-likeness (QED) is 0.661. The van der Waals surface area contributed by atoms with Crippen LogP contribution < -0.4 is 0 Å². The Labute approximate surface area is 193 Å². The summed E-state index contributed by atoms with van der Waals surface area (Å²) >= 11 is 0. The molecular formula is C25H34F3N3O2. The number of rotatable bonds is 4. The van der Waals surface area contributed by atoms with Gasteiger partial charge in [0.05, 0.1) is 11.6 Å². The van der Waals surface area contributed by atoms with Crippen molar-refractivity contribution in [2.75, 3.05) is 32.7 Å². The molecule has 3 aliphatic rings. The van der Waals surface area contributed by atoms with E-state index in [-0.39, 0.29) is 29.5 Å². The van der Waals surface area contributed by atoms with Crippen LogP contribution in [0.25, 0.3) is 0 Å². The summed E-state index contributed by atoms with van der Waals surface area (Å²) in [4.78, 5) is 32.6. The van der Waals surface area contributed by atoms with Gasteiger partial charge in [0.2, 0.25) is 5.91 Å². The number of alkyl halides is 3. The zero-order valence-corrected chi connectivity index (χ0v) is 19.3. The topological polar surface area (TPSA) is 43.9 Å². The molecule has 0 N–H and O–H groups in total. The van der Waals surface area contributed by atoms with E-state index in [4.69, 9.17) is 0 Å². The van der Waals surface area contributed by atoms with Gasteiger partial charge in [0.25, 0.3) is 5.91 Å². The van der Waals surface area contributed by atoms with Crippen molar-refractivity contribution in [3.05, 3.63) is 35.4 Å². The van der Waals surface area contributed by atoms with Gasteiger partial charge in [-0.25, -0.2) is 0 Å². The van der Waals surface area contributed by atoms with Crippen LogP contribution in [-0.2, 0) is 11.0 Å². The summed E-state index contributed by atoms with van der Waals surface area (Å²) in [5.41, 5.74) is -0.490. The Balaban J connectivity index is 1.41. The summed E-state index contributed by atoms with van der Waals surface area (Å²) in [6.45, 7) is 5.15. The molecule has 1 aromatic rings. The number of carbonyl (C=O) groups is 2. The number of amides is 2. The number of benzene rings is 1. The van der Waals surface area contributed by atoms with Gasteiger partial charge in [-0.1, -0.05) is 12.8 Å². The normalized spacial score (nSPS) is 24.2. The number of likely N-dealkylation sites (tertiary alicyclic amines) is 1. The lowest BCUT2D eigenvalue weighted by atomic mass is 9.92. The molecular weight excluding hydrogens is 431 g/mol. The molecule has 1 saturated carbocycles. The van der Waals surface area contributed by atoms with Crippen molar-refractivity contribution >= 4 is 11.8 Å². The molecule has 3 fully saturated rings. The average molecular weight is 466 g/mol. The molecule has 0 bridgehead atoms. The van der Waals surface area contributed by atoms with Gasteiger partial charge in [-0.05, 0) is 69.2 Å². The maximum atomic E-state index is 13.7. The number of carbonyl (C=O) groups excluding carboxylic acids is 2. The van der Waals surface area contributed by atoms with Crippen molar-refractivity contribution in [3.8, 4) is 0 Å². The zero-order valence-electron chi connectivity index (χ0n) is 19.3.